The van der Waals surface area contributed by atoms with Crippen LogP contribution in [0.2, 0.25) is 5.02 Å². The van der Waals surface area contributed by atoms with Crippen LogP contribution in [0, 0.1) is 10.1 Å². The number of pyridine rings is 2. The van der Waals surface area contributed by atoms with Crippen molar-refractivity contribution in [1.82, 2.24) is 4.98 Å². The number of ether oxygens (including phenoxy) is 1. The molecule has 0 aliphatic rings. The smallest absolute Gasteiger partial charge is 0.406 e. The molecule has 2 heterocycles. The van der Waals surface area contributed by atoms with Gasteiger partial charge in [-0.05, 0) is 39.1 Å². The monoisotopic (exact) mass is 449 g/mol. The number of anilines is 1. The molecule has 2 aromatic heterocycles. The first-order valence-corrected chi connectivity index (χ1v) is 8.67. The Kier molecular flexibility index (Phi) is 5.63. The molecule has 8 nitrogen and oxygen atoms in total. The van der Waals surface area contributed by atoms with Gasteiger partial charge < -0.3 is 4.74 Å². The lowest BCUT2D eigenvalue weighted by Gasteiger charge is -2.15. The van der Waals surface area contributed by atoms with E-state index < -0.39 is 11.0 Å². The number of nitro benzene ring substituents is 1. The van der Waals surface area contributed by atoms with Gasteiger partial charge in [0.05, 0.1) is 14.4 Å². The van der Waals surface area contributed by atoms with Gasteiger partial charge in [0.2, 0.25) is 18.2 Å². The molecule has 136 valence electrons. The van der Waals surface area contributed by atoms with Gasteiger partial charge in [0.15, 0.2) is 0 Å². The van der Waals surface area contributed by atoms with Gasteiger partial charge >= 0.3 is 6.09 Å². The van der Waals surface area contributed by atoms with Crippen LogP contribution in [0.3, 0.4) is 0 Å². The molecule has 0 aliphatic heterocycles. The summed E-state index contributed by atoms with van der Waals surface area (Å²) in [4.78, 5) is 27.2. The topological polar surface area (TPSA) is 89.4 Å². The van der Waals surface area contributed by atoms with Gasteiger partial charge in [-0.25, -0.2) is 9.78 Å². The highest BCUT2D eigenvalue weighted by Crippen LogP contribution is 2.26. The lowest BCUT2D eigenvalue weighted by atomic mass is 10.3. The highest BCUT2D eigenvalue weighted by Gasteiger charge is 2.30. The molecule has 0 radical (unpaired) electrons. The van der Waals surface area contributed by atoms with E-state index in [9.17, 15) is 14.9 Å². The fraction of sp³-hybridized carbons (Fsp3) is 0. The molecule has 27 heavy (non-hydrogen) atoms. The van der Waals surface area contributed by atoms with E-state index in [-0.39, 0.29) is 17.3 Å². The van der Waals surface area contributed by atoms with Gasteiger partial charge in [-0.2, -0.15) is 0 Å². The fourth-order valence-corrected chi connectivity index (χ4v) is 2.96. The number of amides is 1. The summed E-state index contributed by atoms with van der Waals surface area (Å²) in [6, 6.07) is 12.0. The predicted molar refractivity (Wildman–Crippen MR) is 101 cm³/mol. The third-order valence-corrected chi connectivity index (χ3v) is 4.14. The summed E-state index contributed by atoms with van der Waals surface area (Å²) in [5, 5.41) is 12.3. The Bertz CT molecular complexity index is 986. The molecule has 3 aromatic rings. The van der Waals surface area contributed by atoms with Crippen LogP contribution in [0.15, 0.2) is 71.6 Å². The zero-order chi connectivity index (χ0) is 19.4. The fourth-order valence-electron chi connectivity index (χ4n) is 2.16. The van der Waals surface area contributed by atoms with E-state index in [2.05, 4.69) is 20.9 Å². The number of aromatic nitrogens is 2. The average Bonchev–Trinajstić information content (AvgIpc) is 2.65. The van der Waals surface area contributed by atoms with Crippen molar-refractivity contribution in [3.05, 3.63) is 86.7 Å². The molecule has 1 aromatic carbocycles. The number of benzene rings is 1. The standard InChI is InChI=1S/C17H11BrClN4O4/c18-15-10-12(19)11-20-16(15)22(21-8-2-1-3-9-21)17(24)27-14-6-4-13(5-7-14)23(25)26/h1-11H/q+1. The molecule has 0 saturated heterocycles. The first kappa shape index (κ1) is 18.7. The molecule has 1 amide bonds. The number of non-ortho nitro benzene ring substituents is 1. The summed E-state index contributed by atoms with van der Waals surface area (Å²) in [5.74, 6) is 0.403. The van der Waals surface area contributed by atoms with Crippen LogP contribution in [0.1, 0.15) is 0 Å². The van der Waals surface area contributed by atoms with Gasteiger partial charge in [0.1, 0.15) is 5.75 Å². The summed E-state index contributed by atoms with van der Waals surface area (Å²) >= 11 is 9.27. The van der Waals surface area contributed by atoms with Crippen LogP contribution in [0.4, 0.5) is 16.3 Å². The van der Waals surface area contributed by atoms with E-state index in [1.54, 1.807) is 36.7 Å². The molecule has 0 N–H and O–H groups in total. The summed E-state index contributed by atoms with van der Waals surface area (Å²) in [7, 11) is 0. The molecular weight excluding hydrogens is 440 g/mol. The molecule has 0 spiro atoms. The molecule has 0 unspecified atom stereocenters. The molecule has 0 bridgehead atoms. The van der Waals surface area contributed by atoms with Crippen molar-refractivity contribution >= 4 is 45.1 Å². The van der Waals surface area contributed by atoms with E-state index in [1.165, 1.54) is 40.1 Å². The second kappa shape index (κ2) is 8.11. The third kappa shape index (κ3) is 4.39. The minimum Gasteiger partial charge on any atom is -0.406 e. The van der Waals surface area contributed by atoms with E-state index >= 15 is 0 Å². The molecule has 0 aliphatic carbocycles. The summed E-state index contributed by atoms with van der Waals surface area (Å²) < 4.78 is 7.31. The lowest BCUT2D eigenvalue weighted by molar-refractivity contribution is -0.675. The minimum atomic E-state index is -0.768. The number of hydrogen-bond donors (Lipinski definition) is 0. The van der Waals surface area contributed by atoms with Gasteiger partial charge in [0.25, 0.3) is 5.69 Å². The Morgan fingerprint density at radius 3 is 2.48 bits per heavy atom. The number of carbonyl (C=O) groups is 1. The van der Waals surface area contributed by atoms with Crippen molar-refractivity contribution in [1.29, 1.82) is 0 Å². The number of nitrogens with zero attached hydrogens (tertiary/aromatic N) is 4. The lowest BCUT2D eigenvalue weighted by Crippen LogP contribution is -2.58. The summed E-state index contributed by atoms with van der Waals surface area (Å²) in [5.41, 5.74) is -0.105. The normalized spacial score (nSPS) is 10.3. The summed E-state index contributed by atoms with van der Waals surface area (Å²) in [6.07, 6.45) is 3.91. The average molecular weight is 451 g/mol. The first-order valence-electron chi connectivity index (χ1n) is 7.50. The van der Waals surface area contributed by atoms with Crippen LogP contribution in [0.25, 0.3) is 0 Å². The number of carbonyl (C=O) groups excluding carboxylic acids is 1. The molecule has 10 heteroatoms. The number of nitro groups is 1. The van der Waals surface area contributed by atoms with Gasteiger partial charge in [0, 0.05) is 30.5 Å². The van der Waals surface area contributed by atoms with Crippen molar-refractivity contribution < 1.29 is 19.1 Å². The Balaban J connectivity index is 1.95. The Labute approximate surface area is 166 Å². The van der Waals surface area contributed by atoms with Gasteiger partial charge in [-0.15, -0.1) is 0 Å². The Morgan fingerprint density at radius 2 is 1.89 bits per heavy atom. The van der Waals surface area contributed by atoms with Crippen LogP contribution in [-0.4, -0.2) is 16.0 Å². The number of halogens is 2. The van der Waals surface area contributed by atoms with Gasteiger partial charge in [-0.1, -0.05) is 22.3 Å². The van der Waals surface area contributed by atoms with Crippen molar-refractivity contribution in [2.45, 2.75) is 0 Å². The quantitative estimate of drug-likeness (QED) is 0.338. The van der Waals surface area contributed by atoms with Crippen molar-refractivity contribution in [2.24, 2.45) is 0 Å². The number of rotatable bonds is 4. The van der Waals surface area contributed by atoms with E-state index in [0.29, 0.717) is 9.50 Å². The Morgan fingerprint density at radius 1 is 1.22 bits per heavy atom. The molecule has 0 atom stereocenters. The maximum Gasteiger partial charge on any atom is 0.475 e. The largest absolute Gasteiger partial charge is 0.475 e. The van der Waals surface area contributed by atoms with Crippen LogP contribution in [-0.2, 0) is 0 Å². The second-order valence-corrected chi connectivity index (χ2v) is 6.44. The van der Waals surface area contributed by atoms with Crippen molar-refractivity contribution in [3.8, 4) is 5.75 Å². The second-order valence-electron chi connectivity index (χ2n) is 5.15. The zero-order valence-corrected chi connectivity index (χ0v) is 15.9. The van der Waals surface area contributed by atoms with Crippen LogP contribution < -0.4 is 14.4 Å². The van der Waals surface area contributed by atoms with E-state index in [4.69, 9.17) is 16.3 Å². The highest BCUT2D eigenvalue weighted by atomic mass is 79.9. The molecular formula is C17H11BrClN4O4+. The van der Waals surface area contributed by atoms with Gasteiger partial charge in [-0.3, -0.25) is 10.1 Å². The zero-order valence-electron chi connectivity index (χ0n) is 13.5. The predicted octanol–water partition coefficient (Wildman–Crippen LogP) is 4.16. The van der Waals surface area contributed by atoms with E-state index in [1.807, 2.05) is 0 Å². The molecule has 3 rings (SSSR count). The SMILES string of the molecule is O=C(Oc1ccc([N+](=O)[O-])cc1)N(c1ncc(Cl)cc1Br)[n+]1ccccc1. The molecule has 0 fully saturated rings. The maximum absolute atomic E-state index is 12.8. The van der Waals surface area contributed by atoms with E-state index in [0.717, 1.165) is 0 Å². The number of hydrogen-bond acceptors (Lipinski definition) is 5. The first-order chi connectivity index (χ1) is 13.0. The molecule has 0 saturated carbocycles. The van der Waals surface area contributed by atoms with Crippen molar-refractivity contribution in [2.75, 3.05) is 5.01 Å². The highest BCUT2D eigenvalue weighted by molar-refractivity contribution is 9.10. The summed E-state index contributed by atoms with van der Waals surface area (Å²) in [6.45, 7) is 0. The minimum absolute atomic E-state index is 0.105. The third-order valence-electron chi connectivity index (χ3n) is 3.35. The Hall–Kier alpha value is -3.04. The van der Waals surface area contributed by atoms with Crippen LogP contribution in [0.5, 0.6) is 5.75 Å². The maximum atomic E-state index is 12.8. The van der Waals surface area contributed by atoms with Crippen molar-refractivity contribution in [3.63, 3.8) is 0 Å². The van der Waals surface area contributed by atoms with Crippen LogP contribution >= 0.6 is 27.5 Å².